The maximum absolute atomic E-state index is 14.0. The molecule has 3 rings (SSSR count). The molecule has 8 nitrogen and oxygen atoms in total. The van der Waals surface area contributed by atoms with E-state index >= 15 is 0 Å². The van der Waals surface area contributed by atoms with Crippen LogP contribution >= 0.6 is 0 Å². The molecule has 0 amide bonds. The second-order valence-corrected chi connectivity index (χ2v) is 4.74. The maximum Gasteiger partial charge on any atom is 0.226 e. The first kappa shape index (κ1) is 13.8. The number of anilines is 1. The predicted octanol–water partition coefficient (Wildman–Crippen LogP) is -0.687. The first-order valence-corrected chi connectivity index (χ1v) is 6.68. The second-order valence-electron chi connectivity index (χ2n) is 4.74. The summed E-state index contributed by atoms with van der Waals surface area (Å²) in [6.45, 7) is 2.92. The summed E-state index contributed by atoms with van der Waals surface area (Å²) in [7, 11) is 1.63. The van der Waals surface area contributed by atoms with E-state index < -0.39 is 5.82 Å². The Morgan fingerprint density at radius 3 is 2.76 bits per heavy atom. The third-order valence-corrected chi connectivity index (χ3v) is 3.29. The van der Waals surface area contributed by atoms with Crippen molar-refractivity contribution in [1.82, 2.24) is 30.0 Å². The van der Waals surface area contributed by atoms with E-state index in [-0.39, 0.29) is 23.9 Å². The van der Waals surface area contributed by atoms with Crippen LogP contribution in [-0.2, 0) is 13.7 Å². The number of nitrogens with one attached hydrogen (secondary N) is 1. The van der Waals surface area contributed by atoms with Crippen molar-refractivity contribution in [3.63, 3.8) is 0 Å². The summed E-state index contributed by atoms with van der Waals surface area (Å²) in [5, 5.41) is 16.3. The molecule has 2 N–H and O–H groups in total. The average Bonchev–Trinajstić information content (AvgIpc) is 2.90. The van der Waals surface area contributed by atoms with Crippen LogP contribution in [0.4, 0.5) is 10.3 Å². The Bertz CT molecular complexity index is 639. The van der Waals surface area contributed by atoms with Gasteiger partial charge in [0.25, 0.3) is 0 Å². The Kier molecular flexibility index (Phi) is 3.76. The fraction of sp³-hybridized carbons (Fsp3) is 0.500. The topological polar surface area (TPSA) is 92.0 Å². The quantitative estimate of drug-likeness (QED) is 0.774. The summed E-state index contributed by atoms with van der Waals surface area (Å²) < 4.78 is 15.4. The van der Waals surface area contributed by atoms with E-state index in [4.69, 9.17) is 5.11 Å². The average molecular weight is 293 g/mol. The highest BCUT2D eigenvalue weighted by Crippen LogP contribution is 2.20. The van der Waals surface area contributed by atoms with E-state index in [1.54, 1.807) is 7.05 Å². The predicted molar refractivity (Wildman–Crippen MR) is 73.0 cm³/mol. The summed E-state index contributed by atoms with van der Waals surface area (Å²) in [5.41, 5.74) is 0.0910. The molecular weight excluding hydrogens is 277 g/mol. The first-order chi connectivity index (χ1) is 10.2. The molecule has 1 saturated heterocycles. The zero-order valence-electron chi connectivity index (χ0n) is 11.6. The molecule has 3 heterocycles. The van der Waals surface area contributed by atoms with E-state index in [1.807, 2.05) is 4.90 Å². The fourth-order valence-electron chi connectivity index (χ4n) is 2.24. The molecule has 1 fully saturated rings. The Morgan fingerprint density at radius 1 is 1.33 bits per heavy atom. The van der Waals surface area contributed by atoms with E-state index in [2.05, 4.69) is 25.4 Å². The number of hydrogen-bond donors (Lipinski definition) is 2. The molecular formula is C12H16FN7O. The lowest BCUT2D eigenvalue weighted by Gasteiger charge is -2.27. The van der Waals surface area contributed by atoms with Gasteiger partial charge in [-0.25, -0.2) is 24.0 Å². The highest BCUT2D eigenvalue weighted by molar-refractivity contribution is 5.52. The van der Waals surface area contributed by atoms with Crippen LogP contribution in [0.1, 0.15) is 5.82 Å². The number of halogens is 1. The lowest BCUT2D eigenvalue weighted by Crippen LogP contribution is -2.44. The summed E-state index contributed by atoms with van der Waals surface area (Å²) in [6, 6.07) is 0. The lowest BCUT2D eigenvalue weighted by molar-refractivity contribution is 0.271. The number of aryl methyl sites for hydroxylation is 1. The normalized spacial score (nSPS) is 15.5. The van der Waals surface area contributed by atoms with Gasteiger partial charge >= 0.3 is 0 Å². The number of hydrogen-bond acceptors (Lipinski definition) is 7. The summed E-state index contributed by atoms with van der Waals surface area (Å²) in [5.74, 6) is 0.417. The molecule has 2 aromatic rings. The molecule has 0 aliphatic carbocycles. The molecule has 112 valence electrons. The molecule has 21 heavy (non-hydrogen) atoms. The van der Waals surface area contributed by atoms with Crippen molar-refractivity contribution >= 4 is 5.95 Å². The van der Waals surface area contributed by atoms with Crippen LogP contribution in [0.15, 0.2) is 6.20 Å². The third-order valence-electron chi connectivity index (χ3n) is 3.29. The summed E-state index contributed by atoms with van der Waals surface area (Å²) in [6.07, 6.45) is 1.15. The fourth-order valence-corrected chi connectivity index (χ4v) is 2.24. The van der Waals surface area contributed by atoms with Crippen LogP contribution in [-0.4, -0.2) is 56.0 Å². The first-order valence-electron chi connectivity index (χ1n) is 6.68. The minimum Gasteiger partial charge on any atom is -0.388 e. The van der Waals surface area contributed by atoms with Crippen LogP contribution in [0.2, 0.25) is 0 Å². The molecule has 0 spiro atoms. The lowest BCUT2D eigenvalue weighted by atomic mass is 10.3. The molecule has 1 aliphatic rings. The number of rotatable bonds is 3. The van der Waals surface area contributed by atoms with Gasteiger partial charge in [0.2, 0.25) is 5.95 Å². The monoisotopic (exact) mass is 293 g/mol. The van der Waals surface area contributed by atoms with E-state index in [1.165, 1.54) is 4.68 Å². The molecule has 0 bridgehead atoms. The van der Waals surface area contributed by atoms with Crippen LogP contribution in [0, 0.1) is 5.82 Å². The SMILES string of the molecule is Cn1nc(CO)nc1-c1nc(N2CCNCC2)ncc1F. The Morgan fingerprint density at radius 2 is 2.10 bits per heavy atom. The van der Waals surface area contributed by atoms with Crippen LogP contribution in [0.3, 0.4) is 0 Å². The van der Waals surface area contributed by atoms with Gasteiger partial charge in [0.1, 0.15) is 12.3 Å². The Labute approximate surface area is 120 Å². The summed E-state index contributed by atoms with van der Waals surface area (Å²) in [4.78, 5) is 14.4. The second kappa shape index (κ2) is 5.70. The zero-order valence-corrected chi connectivity index (χ0v) is 11.6. The van der Waals surface area contributed by atoms with Crippen molar-refractivity contribution in [2.75, 3.05) is 31.1 Å². The van der Waals surface area contributed by atoms with Crippen molar-refractivity contribution in [1.29, 1.82) is 0 Å². The minimum absolute atomic E-state index is 0.0910. The molecule has 0 atom stereocenters. The van der Waals surface area contributed by atoms with Gasteiger partial charge in [-0.2, -0.15) is 5.10 Å². The van der Waals surface area contributed by atoms with Gasteiger partial charge in [0, 0.05) is 33.2 Å². The maximum atomic E-state index is 14.0. The van der Waals surface area contributed by atoms with Gasteiger partial charge in [-0.15, -0.1) is 0 Å². The van der Waals surface area contributed by atoms with Gasteiger partial charge in [0.15, 0.2) is 17.5 Å². The zero-order chi connectivity index (χ0) is 14.8. The van der Waals surface area contributed by atoms with Crippen molar-refractivity contribution < 1.29 is 9.50 Å². The molecule has 2 aromatic heterocycles. The highest BCUT2D eigenvalue weighted by atomic mass is 19.1. The Balaban J connectivity index is 1.99. The Hall–Kier alpha value is -2.13. The van der Waals surface area contributed by atoms with Crippen LogP contribution in [0.25, 0.3) is 11.5 Å². The number of nitrogens with zero attached hydrogens (tertiary/aromatic N) is 6. The number of aromatic nitrogens is 5. The van der Waals surface area contributed by atoms with E-state index in [0.29, 0.717) is 5.95 Å². The van der Waals surface area contributed by atoms with E-state index in [0.717, 1.165) is 32.4 Å². The highest BCUT2D eigenvalue weighted by Gasteiger charge is 2.19. The van der Waals surface area contributed by atoms with Crippen molar-refractivity contribution in [3.05, 3.63) is 17.8 Å². The van der Waals surface area contributed by atoms with Gasteiger partial charge in [-0.3, -0.25) is 0 Å². The van der Waals surface area contributed by atoms with Gasteiger partial charge in [0.05, 0.1) is 6.20 Å². The standard InChI is InChI=1S/C12H16FN7O/c1-19-11(16-9(7-21)18-19)10-8(13)6-15-12(17-10)20-4-2-14-3-5-20/h6,14,21H,2-5,7H2,1H3. The van der Waals surface area contributed by atoms with Crippen molar-refractivity contribution in [2.24, 2.45) is 7.05 Å². The molecule has 0 unspecified atom stereocenters. The van der Waals surface area contributed by atoms with E-state index in [9.17, 15) is 4.39 Å². The smallest absolute Gasteiger partial charge is 0.226 e. The molecule has 0 radical (unpaired) electrons. The molecule has 0 saturated carbocycles. The van der Waals surface area contributed by atoms with Crippen molar-refractivity contribution in [2.45, 2.75) is 6.61 Å². The van der Waals surface area contributed by atoms with Gasteiger partial charge in [-0.1, -0.05) is 0 Å². The summed E-state index contributed by atoms with van der Waals surface area (Å²) >= 11 is 0. The molecule has 9 heteroatoms. The number of piperazine rings is 1. The largest absolute Gasteiger partial charge is 0.388 e. The third kappa shape index (κ3) is 2.69. The number of aliphatic hydroxyl groups excluding tert-OH is 1. The van der Waals surface area contributed by atoms with Crippen LogP contribution < -0.4 is 10.2 Å². The van der Waals surface area contributed by atoms with Crippen molar-refractivity contribution in [3.8, 4) is 11.5 Å². The van der Waals surface area contributed by atoms with Crippen LogP contribution in [0.5, 0.6) is 0 Å². The minimum atomic E-state index is -0.561. The van der Waals surface area contributed by atoms with Gasteiger partial charge in [-0.05, 0) is 0 Å². The van der Waals surface area contributed by atoms with Gasteiger partial charge < -0.3 is 15.3 Å². The molecule has 0 aromatic carbocycles. The number of aliphatic hydroxyl groups is 1. The molecule has 1 aliphatic heterocycles.